The summed E-state index contributed by atoms with van der Waals surface area (Å²) in [7, 11) is 0. The summed E-state index contributed by atoms with van der Waals surface area (Å²) >= 11 is 6.61. The van der Waals surface area contributed by atoms with Gasteiger partial charge in [-0.15, -0.1) is 0 Å². The Balaban J connectivity index is 2.03. The minimum absolute atomic E-state index is 0.299. The van der Waals surface area contributed by atoms with E-state index in [0.29, 0.717) is 0 Å². The molecule has 0 saturated carbocycles. The maximum absolute atomic E-state index is 8.73. The molecule has 0 radical (unpaired) electrons. The first kappa shape index (κ1) is 8.09. The monoisotopic (exact) mass is 466 g/mol. The van der Waals surface area contributed by atoms with Crippen molar-refractivity contribution >= 4 is 45.7 Å². The number of anilines is 6. The first-order valence-electron chi connectivity index (χ1n) is 19.3. The van der Waals surface area contributed by atoms with Gasteiger partial charge in [-0.2, -0.15) is 0 Å². The molecule has 0 unspecified atom stereocenters. The van der Waals surface area contributed by atoms with Crippen LogP contribution < -0.4 is 9.80 Å². The fourth-order valence-electron chi connectivity index (χ4n) is 2.98. The smallest absolute Gasteiger partial charge is 0.0645 e. The van der Waals surface area contributed by atoms with E-state index in [2.05, 4.69) is 0 Å². The van der Waals surface area contributed by atoms with Crippen molar-refractivity contribution in [2.75, 3.05) is 9.80 Å². The molecule has 0 spiro atoms. The molecule has 2 nitrogen and oxygen atoms in total. The summed E-state index contributed by atoms with van der Waals surface area (Å²) in [5, 5.41) is -0.299. The summed E-state index contributed by atoms with van der Waals surface area (Å²) < 4.78 is 169. The predicted octanol–water partition coefficient (Wildman–Crippen LogP) is 9.28. The number of halogens is 1. The molecule has 5 aromatic rings. The number of para-hydroxylation sites is 4. The van der Waals surface area contributed by atoms with Crippen LogP contribution in [0.5, 0.6) is 0 Å². The fraction of sp³-hybridized carbons (Fsp3) is 0. The normalized spacial score (nSPS) is 19.1. The second kappa shape index (κ2) is 9.64. The van der Waals surface area contributed by atoms with Crippen LogP contribution in [-0.4, -0.2) is 0 Å². The molecule has 0 aromatic heterocycles. The molecule has 5 rings (SSSR count). The number of hydrogen-bond acceptors (Lipinski definition) is 2. The molecule has 0 atom stereocenters. The highest BCUT2D eigenvalue weighted by molar-refractivity contribution is 6.31. The SMILES string of the molecule is [2H]c1c([2H])c([2H])c(N(c2cc(Cl)cc(N(c3c([2H])c([2H])c([2H])c([2H])c3[2H])c3c([2H])c([2H])c([2H])c([2H])c3[2H])c2)c2c([2H])c([2H])c([2H])c([2H])c2[2H])c([2H])c1[2H]. The molecule has 0 amide bonds. The Kier molecular flexibility index (Phi) is 2.36. The molecule has 0 N–H and O–H groups in total. The van der Waals surface area contributed by atoms with Crippen molar-refractivity contribution in [3.05, 3.63) is 144 Å². The van der Waals surface area contributed by atoms with Crippen molar-refractivity contribution in [1.29, 1.82) is 0 Å². The second-order valence-electron chi connectivity index (χ2n) is 6.23. The molecule has 33 heavy (non-hydrogen) atoms. The Morgan fingerprint density at radius 2 is 0.667 bits per heavy atom. The van der Waals surface area contributed by atoms with Gasteiger partial charge in [0.15, 0.2) is 0 Å². The lowest BCUT2D eigenvalue weighted by molar-refractivity contribution is 1.25. The van der Waals surface area contributed by atoms with Gasteiger partial charge < -0.3 is 9.80 Å². The van der Waals surface area contributed by atoms with Crippen molar-refractivity contribution in [2.24, 2.45) is 0 Å². The average molecular weight is 467 g/mol. The third-order valence-corrected chi connectivity index (χ3v) is 4.44. The van der Waals surface area contributed by atoms with E-state index in [0.717, 1.165) is 28.0 Å². The number of rotatable bonds is 6. The highest BCUT2D eigenvalue weighted by Gasteiger charge is 2.17. The molecule has 3 heteroatoms. The van der Waals surface area contributed by atoms with Crippen LogP contribution in [0.2, 0.25) is 5.02 Å². The zero-order valence-electron chi connectivity index (χ0n) is 36.5. The lowest BCUT2D eigenvalue weighted by Crippen LogP contribution is -2.13. The van der Waals surface area contributed by atoms with Gasteiger partial charge in [-0.05, 0) is 66.5 Å². The van der Waals surface area contributed by atoms with Crippen molar-refractivity contribution in [2.45, 2.75) is 0 Å². The molecular weight excluding hydrogens is 424 g/mol. The van der Waals surface area contributed by atoms with E-state index < -0.39 is 144 Å². The van der Waals surface area contributed by atoms with Gasteiger partial charge in [0.25, 0.3) is 0 Å². The van der Waals surface area contributed by atoms with E-state index >= 15 is 0 Å². The number of benzene rings is 5. The highest BCUT2D eigenvalue weighted by Crippen LogP contribution is 2.41. The fourth-order valence-corrected chi connectivity index (χ4v) is 3.20. The quantitative estimate of drug-likeness (QED) is 0.246. The molecule has 160 valence electrons. The van der Waals surface area contributed by atoms with Crippen LogP contribution in [0, 0.1) is 0 Å². The largest absolute Gasteiger partial charge is 0.310 e. The Labute approximate surface area is 228 Å². The van der Waals surface area contributed by atoms with E-state index in [1.165, 1.54) is 0 Å². The van der Waals surface area contributed by atoms with Gasteiger partial charge in [-0.3, -0.25) is 0 Å². The molecule has 0 heterocycles. The van der Waals surface area contributed by atoms with Crippen molar-refractivity contribution in [1.82, 2.24) is 0 Å². The van der Waals surface area contributed by atoms with Crippen LogP contribution in [0.25, 0.3) is 0 Å². The maximum atomic E-state index is 8.73. The predicted molar refractivity (Wildman–Crippen MR) is 141 cm³/mol. The van der Waals surface area contributed by atoms with Gasteiger partial charge in [0.1, 0.15) is 0 Å². The van der Waals surface area contributed by atoms with Crippen LogP contribution in [-0.2, 0) is 0 Å². The van der Waals surface area contributed by atoms with E-state index in [1.54, 1.807) is 0 Å². The Hall–Kier alpha value is -4.01. The lowest BCUT2D eigenvalue weighted by atomic mass is 10.1. The molecule has 0 fully saturated rings. The van der Waals surface area contributed by atoms with Gasteiger partial charge in [0.2, 0.25) is 0 Å². The van der Waals surface area contributed by atoms with E-state index in [1.807, 2.05) is 0 Å². The highest BCUT2D eigenvalue weighted by atomic mass is 35.5. The summed E-state index contributed by atoms with van der Waals surface area (Å²) in [6.07, 6.45) is 0. The topological polar surface area (TPSA) is 6.48 Å². The van der Waals surface area contributed by atoms with Gasteiger partial charge in [0.05, 0.1) is 27.4 Å². The molecular formula is C30H23ClN2. The van der Waals surface area contributed by atoms with Gasteiger partial charge in [-0.1, -0.05) is 84.1 Å². The van der Waals surface area contributed by atoms with E-state index in [-0.39, 0.29) is 16.4 Å². The van der Waals surface area contributed by atoms with Crippen LogP contribution in [0.15, 0.2) is 139 Å². The number of nitrogens with zero attached hydrogens (tertiary/aromatic N) is 2. The van der Waals surface area contributed by atoms with Crippen LogP contribution in [0.3, 0.4) is 0 Å². The van der Waals surface area contributed by atoms with Gasteiger partial charge >= 0.3 is 0 Å². The third-order valence-electron chi connectivity index (χ3n) is 4.23. The zero-order chi connectivity index (χ0) is 39.9. The average Bonchev–Trinajstić information content (AvgIpc) is 3.13. The minimum atomic E-state index is -0.877. The van der Waals surface area contributed by atoms with Crippen molar-refractivity contribution in [3.63, 3.8) is 0 Å². The Morgan fingerprint density at radius 1 is 0.394 bits per heavy atom. The van der Waals surface area contributed by atoms with E-state index in [9.17, 15) is 0 Å². The zero-order valence-corrected chi connectivity index (χ0v) is 17.3. The maximum Gasteiger partial charge on any atom is 0.0645 e. The van der Waals surface area contributed by atoms with Gasteiger partial charge in [0, 0.05) is 39.1 Å². The summed E-state index contributed by atoms with van der Waals surface area (Å²) in [6, 6.07) is -13.9. The van der Waals surface area contributed by atoms with E-state index in [4.69, 9.17) is 39.0 Å². The molecule has 0 saturated heterocycles. The van der Waals surface area contributed by atoms with Crippen LogP contribution >= 0.6 is 11.6 Å². The Morgan fingerprint density at radius 3 is 0.939 bits per heavy atom. The molecule has 0 aliphatic rings. The molecule has 0 aliphatic heterocycles. The molecule has 0 bridgehead atoms. The summed E-state index contributed by atoms with van der Waals surface area (Å²) in [4.78, 5) is 1.50. The van der Waals surface area contributed by atoms with Crippen molar-refractivity contribution < 1.29 is 27.4 Å². The van der Waals surface area contributed by atoms with Gasteiger partial charge in [-0.25, -0.2) is 0 Å². The molecule has 0 aliphatic carbocycles. The summed E-state index contributed by atoms with van der Waals surface area (Å²) in [6.45, 7) is 0. The second-order valence-corrected chi connectivity index (χ2v) is 6.67. The van der Waals surface area contributed by atoms with Crippen molar-refractivity contribution in [3.8, 4) is 0 Å². The van der Waals surface area contributed by atoms with Crippen LogP contribution in [0.1, 0.15) is 27.4 Å². The Bertz CT molecular complexity index is 1980. The summed E-state index contributed by atoms with van der Waals surface area (Å²) in [5.41, 5.74) is -3.59. The minimum Gasteiger partial charge on any atom is -0.310 e. The number of hydrogen-bond donors (Lipinski definition) is 0. The first-order chi connectivity index (χ1) is 24.6. The lowest BCUT2D eigenvalue weighted by Gasteiger charge is -2.29. The standard InChI is InChI=1S/C30H23ClN2/c31-24-21-29(32(25-13-5-1-6-14-25)26-15-7-2-8-16-26)23-30(22-24)33(27-17-9-3-10-18-27)28-19-11-4-12-20-28/h1-23H/i1D,2D,3D,4D,5D,6D,7D,8D,9D,10D,11D,12D,13D,14D,15D,16D,17D,18D,19D,20D. The first-order valence-corrected chi connectivity index (χ1v) is 9.64. The molecule has 5 aromatic carbocycles. The van der Waals surface area contributed by atoms with Crippen LogP contribution in [0.4, 0.5) is 34.1 Å². The third kappa shape index (κ3) is 4.62. The summed E-state index contributed by atoms with van der Waals surface area (Å²) in [5.74, 6) is 0.